The average Bonchev–Trinajstić information content (AvgIpc) is 2.84. The molecule has 1 heterocycles. The largest absolute Gasteiger partial charge is 0.271 e. The molecule has 0 unspecified atom stereocenters. The highest BCUT2D eigenvalue weighted by molar-refractivity contribution is 6.42. The summed E-state index contributed by atoms with van der Waals surface area (Å²) in [4.78, 5) is 23.5. The number of nitrogens with zero attached hydrogens (tertiary/aromatic N) is 2. The van der Waals surface area contributed by atoms with Gasteiger partial charge in [-0.2, -0.15) is 5.10 Å². The lowest BCUT2D eigenvalue weighted by atomic mass is 10.2. The number of nitrogens with one attached hydrogen (secondary N) is 2. The number of amides is 2. The first kappa shape index (κ1) is 18.0. The van der Waals surface area contributed by atoms with Crippen molar-refractivity contribution in [2.45, 2.75) is 20.4 Å². The smallest absolute Gasteiger partial charge is 0.262 e. The molecular weight excluding hydrogens is 351 g/mol. The van der Waals surface area contributed by atoms with Crippen molar-refractivity contribution in [3.05, 3.63) is 57.3 Å². The van der Waals surface area contributed by atoms with Gasteiger partial charge in [-0.25, -0.2) is 0 Å². The molecule has 24 heavy (non-hydrogen) atoms. The first-order chi connectivity index (χ1) is 11.4. The number of benzene rings is 1. The van der Waals surface area contributed by atoms with Crippen LogP contribution in [-0.2, 0) is 16.1 Å². The Balaban J connectivity index is 1.86. The van der Waals surface area contributed by atoms with Crippen molar-refractivity contribution in [2.24, 2.45) is 0 Å². The summed E-state index contributed by atoms with van der Waals surface area (Å²) in [6, 6.07) is 6.96. The molecule has 0 saturated carbocycles. The Kier molecular flexibility index (Phi) is 6.00. The zero-order valence-corrected chi connectivity index (χ0v) is 14.6. The monoisotopic (exact) mass is 366 g/mol. The number of hydrogen-bond acceptors (Lipinski definition) is 3. The minimum Gasteiger partial charge on any atom is -0.271 e. The fourth-order valence-corrected chi connectivity index (χ4v) is 2.37. The molecule has 1 aromatic carbocycles. The second-order valence-electron chi connectivity index (χ2n) is 5.10. The van der Waals surface area contributed by atoms with E-state index in [1.807, 2.05) is 19.9 Å². The molecular formula is C16H16Cl2N4O2. The van der Waals surface area contributed by atoms with Gasteiger partial charge in [0.15, 0.2) is 0 Å². The minimum atomic E-state index is -0.493. The highest BCUT2D eigenvalue weighted by Crippen LogP contribution is 2.26. The van der Waals surface area contributed by atoms with Gasteiger partial charge in [-0.3, -0.25) is 25.1 Å². The van der Waals surface area contributed by atoms with E-state index in [1.54, 1.807) is 22.9 Å². The maximum Gasteiger partial charge on any atom is 0.262 e. The van der Waals surface area contributed by atoms with Crippen LogP contribution in [0.2, 0.25) is 10.0 Å². The first-order valence-corrected chi connectivity index (χ1v) is 7.84. The van der Waals surface area contributed by atoms with E-state index in [4.69, 9.17) is 23.2 Å². The Hall–Kier alpha value is -2.31. The molecule has 0 fully saturated rings. The molecule has 0 aliphatic rings. The van der Waals surface area contributed by atoms with Crippen molar-refractivity contribution in [3.63, 3.8) is 0 Å². The molecule has 0 radical (unpaired) electrons. The number of aryl methyl sites for hydroxylation is 2. The van der Waals surface area contributed by atoms with Gasteiger partial charge in [-0.05, 0) is 37.6 Å². The van der Waals surface area contributed by atoms with Crippen LogP contribution in [0.5, 0.6) is 0 Å². The van der Waals surface area contributed by atoms with Crippen LogP contribution in [0, 0.1) is 13.8 Å². The van der Waals surface area contributed by atoms with Gasteiger partial charge >= 0.3 is 0 Å². The molecule has 2 amide bonds. The third kappa shape index (κ3) is 4.84. The predicted octanol–water partition coefficient (Wildman–Crippen LogP) is 2.67. The maximum atomic E-state index is 11.8. The van der Waals surface area contributed by atoms with Crippen molar-refractivity contribution in [3.8, 4) is 0 Å². The molecule has 2 aromatic rings. The average molecular weight is 367 g/mol. The van der Waals surface area contributed by atoms with Gasteiger partial charge in [0.05, 0.1) is 15.7 Å². The van der Waals surface area contributed by atoms with Gasteiger partial charge in [-0.1, -0.05) is 35.3 Å². The van der Waals surface area contributed by atoms with Crippen LogP contribution in [0.4, 0.5) is 0 Å². The molecule has 0 atom stereocenters. The van der Waals surface area contributed by atoms with Crippen molar-refractivity contribution < 1.29 is 9.59 Å². The minimum absolute atomic E-state index is 0.0176. The summed E-state index contributed by atoms with van der Waals surface area (Å²) in [5, 5.41) is 4.93. The summed E-state index contributed by atoms with van der Waals surface area (Å²) in [5.74, 6) is -0.878. The number of carbonyl (C=O) groups is 2. The lowest BCUT2D eigenvalue weighted by Gasteiger charge is -2.07. The molecule has 8 heteroatoms. The fourth-order valence-electron chi connectivity index (χ4n) is 2.00. The van der Waals surface area contributed by atoms with E-state index >= 15 is 0 Å². The van der Waals surface area contributed by atoms with Crippen LogP contribution in [0.15, 0.2) is 30.3 Å². The Morgan fingerprint density at radius 1 is 1.25 bits per heavy atom. The molecule has 0 aliphatic heterocycles. The van der Waals surface area contributed by atoms with Gasteiger partial charge in [0, 0.05) is 11.8 Å². The van der Waals surface area contributed by atoms with Crippen LogP contribution in [0.1, 0.15) is 17.0 Å². The molecule has 0 aliphatic carbocycles. The third-order valence-electron chi connectivity index (χ3n) is 3.12. The van der Waals surface area contributed by atoms with Gasteiger partial charge < -0.3 is 0 Å². The molecule has 6 nitrogen and oxygen atoms in total. The first-order valence-electron chi connectivity index (χ1n) is 7.09. The van der Waals surface area contributed by atoms with E-state index in [0.717, 1.165) is 11.4 Å². The summed E-state index contributed by atoms with van der Waals surface area (Å²) in [6.45, 7) is 3.71. The lowest BCUT2D eigenvalue weighted by molar-refractivity contribution is -0.127. The summed E-state index contributed by atoms with van der Waals surface area (Å²) in [7, 11) is 0. The van der Waals surface area contributed by atoms with Crippen molar-refractivity contribution in [2.75, 3.05) is 0 Å². The molecule has 0 spiro atoms. The topological polar surface area (TPSA) is 76.0 Å². The van der Waals surface area contributed by atoms with Crippen LogP contribution in [0.3, 0.4) is 0 Å². The molecule has 0 saturated heterocycles. The summed E-state index contributed by atoms with van der Waals surface area (Å²) >= 11 is 11.9. The second-order valence-corrected chi connectivity index (χ2v) is 5.88. The molecule has 126 valence electrons. The highest BCUT2D eigenvalue weighted by atomic mass is 35.5. The van der Waals surface area contributed by atoms with Crippen molar-refractivity contribution in [1.82, 2.24) is 20.6 Å². The Labute approximate surface area is 149 Å². The number of hydrogen-bond donors (Lipinski definition) is 2. The van der Waals surface area contributed by atoms with Crippen molar-refractivity contribution in [1.29, 1.82) is 0 Å². The highest BCUT2D eigenvalue weighted by Gasteiger charge is 2.07. The molecule has 0 bridgehead atoms. The second kappa shape index (κ2) is 7.99. The van der Waals surface area contributed by atoms with E-state index < -0.39 is 5.91 Å². The maximum absolute atomic E-state index is 11.8. The Bertz CT molecular complexity index is 799. The number of carbonyl (C=O) groups excluding carboxylic acids is 2. The number of rotatable bonds is 4. The summed E-state index contributed by atoms with van der Waals surface area (Å²) in [5.41, 5.74) is 6.91. The SMILES string of the molecule is Cc1cc(C)n(CC(=O)NNC(=O)/C=C/c2cccc(Cl)c2Cl)n1. The van der Waals surface area contributed by atoms with E-state index in [1.165, 1.54) is 12.2 Å². The van der Waals surface area contributed by atoms with Crippen LogP contribution < -0.4 is 10.9 Å². The van der Waals surface area contributed by atoms with E-state index in [0.29, 0.717) is 15.6 Å². The summed E-state index contributed by atoms with van der Waals surface area (Å²) < 4.78 is 1.55. The van der Waals surface area contributed by atoms with E-state index in [-0.39, 0.29) is 12.5 Å². The molecule has 2 N–H and O–H groups in total. The Morgan fingerprint density at radius 3 is 2.67 bits per heavy atom. The van der Waals surface area contributed by atoms with Crippen LogP contribution in [0.25, 0.3) is 6.08 Å². The Morgan fingerprint density at radius 2 is 2.00 bits per heavy atom. The van der Waals surface area contributed by atoms with Gasteiger partial charge in [0.1, 0.15) is 6.54 Å². The summed E-state index contributed by atoms with van der Waals surface area (Å²) in [6.07, 6.45) is 2.76. The molecule has 2 rings (SSSR count). The fraction of sp³-hybridized carbons (Fsp3) is 0.188. The predicted molar refractivity (Wildman–Crippen MR) is 93.5 cm³/mol. The van der Waals surface area contributed by atoms with Crippen molar-refractivity contribution >= 4 is 41.1 Å². The van der Waals surface area contributed by atoms with Crippen LogP contribution in [-0.4, -0.2) is 21.6 Å². The number of aromatic nitrogens is 2. The van der Waals surface area contributed by atoms with Crippen LogP contribution >= 0.6 is 23.2 Å². The quantitative estimate of drug-likeness (QED) is 0.645. The van der Waals surface area contributed by atoms with E-state index in [9.17, 15) is 9.59 Å². The zero-order chi connectivity index (χ0) is 17.7. The van der Waals surface area contributed by atoms with E-state index in [2.05, 4.69) is 16.0 Å². The zero-order valence-electron chi connectivity index (χ0n) is 13.1. The lowest BCUT2D eigenvalue weighted by Crippen LogP contribution is -2.42. The molecule has 1 aromatic heterocycles. The third-order valence-corrected chi connectivity index (χ3v) is 3.95. The normalized spacial score (nSPS) is 10.8. The number of halogens is 2. The number of hydrazine groups is 1. The van der Waals surface area contributed by atoms with Gasteiger partial charge in [-0.15, -0.1) is 0 Å². The van der Waals surface area contributed by atoms with Gasteiger partial charge in [0.25, 0.3) is 11.8 Å². The van der Waals surface area contributed by atoms with Gasteiger partial charge in [0.2, 0.25) is 0 Å². The standard InChI is InChI=1S/C16H16Cl2N4O2/c1-10-8-11(2)22(21-10)9-15(24)20-19-14(23)7-6-12-4-3-5-13(17)16(12)18/h3-8H,9H2,1-2H3,(H,19,23)(H,20,24)/b7-6+.